The molecule has 5 N–H and O–H groups in total. The van der Waals surface area contributed by atoms with Gasteiger partial charge in [-0.3, -0.25) is 19.7 Å². The number of benzene rings is 2. The maximum absolute atomic E-state index is 12.9. The number of aliphatic carboxylic acids is 2. The number of carboxylic acid groups (broad SMARTS) is 2. The number of nitrogens with one attached hydrogen (secondary N) is 3. The normalized spacial score (nSPS) is 17.8. The Labute approximate surface area is 235 Å². The maximum atomic E-state index is 12.9. The molecule has 0 spiro atoms. The summed E-state index contributed by atoms with van der Waals surface area (Å²) >= 11 is 0. The van der Waals surface area contributed by atoms with Crippen LogP contribution in [0.2, 0.25) is 0 Å². The minimum atomic E-state index is -1.20. The first-order valence-electron chi connectivity index (χ1n) is 9.75. The molecule has 0 bridgehead atoms. The van der Waals surface area contributed by atoms with Crippen LogP contribution in [0.5, 0.6) is 0 Å². The quantitative estimate of drug-likeness (QED) is 0.211. The second-order valence-electron chi connectivity index (χ2n) is 7.30. The van der Waals surface area contributed by atoms with Crippen LogP contribution >= 0.6 is 0 Å². The molecule has 0 aliphatic carbocycles. The minimum absolute atomic E-state index is 0. The van der Waals surface area contributed by atoms with Crippen molar-refractivity contribution in [2.45, 2.75) is 37.0 Å². The van der Waals surface area contributed by atoms with Gasteiger partial charge in [0.25, 0.3) is 0 Å². The summed E-state index contributed by atoms with van der Waals surface area (Å²) in [4.78, 5) is 48.0. The Morgan fingerprint density at radius 3 is 1.67 bits per heavy atom. The summed E-state index contributed by atoms with van der Waals surface area (Å²) in [6.07, 6.45) is 0.208. The Morgan fingerprint density at radius 2 is 1.24 bits per heavy atom. The molecular weight excluding hydrogens is 448 g/mol. The third-order valence-corrected chi connectivity index (χ3v) is 4.94. The molecule has 1 fully saturated rings. The zero-order valence-electron chi connectivity index (χ0n) is 16.5. The van der Waals surface area contributed by atoms with Crippen LogP contribution in [-0.2, 0) is 32.0 Å². The average molecular weight is 473 g/mol. The molecule has 4 atom stereocenters. The van der Waals surface area contributed by atoms with Crippen LogP contribution in [0.1, 0.15) is 11.1 Å². The molecule has 0 saturated carbocycles. The zero-order chi connectivity index (χ0) is 22.4. The molecule has 1 aliphatic rings. The molecule has 1 heterocycles. The van der Waals surface area contributed by atoms with Crippen LogP contribution in [0.15, 0.2) is 60.7 Å². The van der Waals surface area contributed by atoms with Gasteiger partial charge in [0.2, 0.25) is 11.8 Å². The predicted molar refractivity (Wildman–Crippen MR) is 124 cm³/mol. The van der Waals surface area contributed by atoms with Gasteiger partial charge >= 0.3 is 71.1 Å². The SMILES string of the molecule is O=C(O)[C@H](Cc1ccccc1)NC(=O)[C@H](Cc1ccccc1)NC(=O)[C@H]1N[C@@H]1C(=O)O.[NaH].[NaH]. The number of amides is 2. The number of hydrogen-bond acceptors (Lipinski definition) is 5. The van der Waals surface area contributed by atoms with Gasteiger partial charge < -0.3 is 20.8 Å². The van der Waals surface area contributed by atoms with E-state index in [1.165, 1.54) is 0 Å². The van der Waals surface area contributed by atoms with Crippen molar-refractivity contribution in [3.05, 3.63) is 71.8 Å². The molecule has 0 aromatic heterocycles. The van der Waals surface area contributed by atoms with E-state index in [9.17, 15) is 24.3 Å². The molecule has 3 rings (SSSR count). The van der Waals surface area contributed by atoms with Crippen LogP contribution in [0.25, 0.3) is 0 Å². The molecule has 1 saturated heterocycles. The Hall–Kier alpha value is -1.72. The Kier molecular flexibility index (Phi) is 12.3. The molecule has 2 amide bonds. The van der Waals surface area contributed by atoms with Crippen molar-refractivity contribution in [1.82, 2.24) is 16.0 Å². The monoisotopic (exact) mass is 473 g/mol. The second-order valence-corrected chi connectivity index (χ2v) is 7.30. The summed E-state index contributed by atoms with van der Waals surface area (Å²) in [6.45, 7) is 0. The van der Waals surface area contributed by atoms with E-state index in [0.717, 1.165) is 11.1 Å². The van der Waals surface area contributed by atoms with Gasteiger partial charge in [0.15, 0.2) is 0 Å². The van der Waals surface area contributed by atoms with Gasteiger partial charge in [0.1, 0.15) is 24.2 Å². The summed E-state index contributed by atoms with van der Waals surface area (Å²) in [7, 11) is 0. The molecule has 9 nitrogen and oxygen atoms in total. The van der Waals surface area contributed by atoms with E-state index in [1.54, 1.807) is 54.6 Å². The number of carbonyl (C=O) groups is 4. The number of carboxylic acids is 2. The molecule has 33 heavy (non-hydrogen) atoms. The summed E-state index contributed by atoms with van der Waals surface area (Å²) in [5, 5.41) is 26.1. The molecule has 11 heteroatoms. The zero-order valence-corrected chi connectivity index (χ0v) is 16.5. The predicted octanol–water partition coefficient (Wildman–Crippen LogP) is -1.35. The van der Waals surface area contributed by atoms with Crippen molar-refractivity contribution in [2.75, 3.05) is 0 Å². The van der Waals surface area contributed by atoms with Crippen LogP contribution < -0.4 is 16.0 Å². The summed E-state index contributed by atoms with van der Waals surface area (Å²) in [5.41, 5.74) is 1.50. The van der Waals surface area contributed by atoms with Crippen LogP contribution in [-0.4, -0.2) is 117 Å². The third-order valence-electron chi connectivity index (χ3n) is 4.94. The first-order valence-corrected chi connectivity index (χ1v) is 9.75. The third kappa shape index (κ3) is 8.86. The molecule has 166 valence electrons. The van der Waals surface area contributed by atoms with E-state index in [-0.39, 0.29) is 72.0 Å². The second kappa shape index (κ2) is 13.9. The molecule has 0 unspecified atom stereocenters. The van der Waals surface area contributed by atoms with Crippen molar-refractivity contribution in [3.8, 4) is 0 Å². The fourth-order valence-corrected chi connectivity index (χ4v) is 3.22. The van der Waals surface area contributed by atoms with E-state index >= 15 is 0 Å². The van der Waals surface area contributed by atoms with Crippen LogP contribution in [0, 0.1) is 0 Å². The van der Waals surface area contributed by atoms with Gasteiger partial charge in [0, 0.05) is 12.8 Å². The molecule has 1 aliphatic heterocycles. The standard InChI is InChI=1S/C22H23N3O6.2Na.2H/c26-19(24-16(21(28)29)12-14-9-5-2-6-10-14)15(11-13-7-3-1-4-8-13)23-20(27)17-18(25-17)22(30)31;;;;/h1-10,15-18,25H,11-12H2,(H,23,27)(H,24,26)(H,28,29)(H,30,31);;;;/t15-,16-,17-,18-;;;;/m0..../s1. The fourth-order valence-electron chi connectivity index (χ4n) is 3.22. The van der Waals surface area contributed by atoms with E-state index < -0.39 is 47.9 Å². The van der Waals surface area contributed by atoms with E-state index in [2.05, 4.69) is 16.0 Å². The molecule has 2 aromatic rings. The average Bonchev–Trinajstić information content (AvgIpc) is 3.55. The molecular formula is C22H25N3Na2O6. The van der Waals surface area contributed by atoms with Crippen LogP contribution in [0.4, 0.5) is 0 Å². The first kappa shape index (κ1) is 29.3. The van der Waals surface area contributed by atoms with Gasteiger partial charge in [-0.2, -0.15) is 0 Å². The Bertz CT molecular complexity index is 961. The van der Waals surface area contributed by atoms with Gasteiger partial charge in [-0.1, -0.05) is 60.7 Å². The van der Waals surface area contributed by atoms with Gasteiger partial charge in [-0.05, 0) is 11.1 Å². The Balaban J connectivity index is 0.00000272. The van der Waals surface area contributed by atoms with Crippen molar-refractivity contribution in [2.24, 2.45) is 0 Å². The van der Waals surface area contributed by atoms with E-state index in [4.69, 9.17) is 5.11 Å². The van der Waals surface area contributed by atoms with Crippen molar-refractivity contribution in [3.63, 3.8) is 0 Å². The van der Waals surface area contributed by atoms with E-state index in [1.807, 2.05) is 6.07 Å². The molecule has 0 radical (unpaired) electrons. The fraction of sp³-hybridized carbons (Fsp3) is 0.273. The molecule has 2 aromatic carbocycles. The first-order chi connectivity index (χ1) is 14.8. The van der Waals surface area contributed by atoms with Crippen molar-refractivity contribution >= 4 is 82.9 Å². The van der Waals surface area contributed by atoms with Gasteiger partial charge in [0.05, 0.1) is 0 Å². The van der Waals surface area contributed by atoms with Crippen molar-refractivity contribution < 1.29 is 29.4 Å². The number of hydrogen-bond donors (Lipinski definition) is 5. The van der Waals surface area contributed by atoms with Gasteiger partial charge in [-0.25, -0.2) is 4.79 Å². The topological polar surface area (TPSA) is 155 Å². The van der Waals surface area contributed by atoms with E-state index in [0.29, 0.717) is 0 Å². The summed E-state index contributed by atoms with van der Waals surface area (Å²) < 4.78 is 0. The Morgan fingerprint density at radius 1 is 0.758 bits per heavy atom. The summed E-state index contributed by atoms with van der Waals surface area (Å²) in [5.74, 6) is -3.64. The van der Waals surface area contributed by atoms with Crippen LogP contribution in [0.3, 0.4) is 0 Å². The number of rotatable bonds is 10. The number of carbonyl (C=O) groups excluding carboxylic acids is 2. The van der Waals surface area contributed by atoms with Gasteiger partial charge in [-0.15, -0.1) is 0 Å². The summed E-state index contributed by atoms with van der Waals surface area (Å²) in [6, 6.07) is 13.6. The van der Waals surface area contributed by atoms with Crippen molar-refractivity contribution in [1.29, 1.82) is 0 Å².